The molecule has 1 saturated heterocycles. The summed E-state index contributed by atoms with van der Waals surface area (Å²) in [5.41, 5.74) is 2.47. The molecule has 1 N–H and O–H groups in total. The number of rotatable bonds is 5. The van der Waals surface area contributed by atoms with Gasteiger partial charge >= 0.3 is 0 Å². The van der Waals surface area contributed by atoms with Crippen molar-refractivity contribution in [1.29, 1.82) is 0 Å². The van der Waals surface area contributed by atoms with Gasteiger partial charge in [0.25, 0.3) is 0 Å². The molecule has 1 fully saturated rings. The molecule has 1 unspecified atom stereocenters. The molecule has 2 aromatic carbocycles. The fourth-order valence-corrected chi connectivity index (χ4v) is 3.85. The first-order valence-corrected chi connectivity index (χ1v) is 9.73. The molecule has 1 amide bonds. The first kappa shape index (κ1) is 18.2. The summed E-state index contributed by atoms with van der Waals surface area (Å²) in [5, 5.41) is 3.17. The Morgan fingerprint density at radius 3 is 2.56 bits per heavy atom. The number of halogens is 1. The summed E-state index contributed by atoms with van der Waals surface area (Å²) in [6, 6.07) is 18.7. The molecule has 0 spiro atoms. The average Bonchev–Trinajstić information content (AvgIpc) is 2.63. The van der Waals surface area contributed by atoms with Crippen LogP contribution in [-0.2, 0) is 11.3 Å². The van der Waals surface area contributed by atoms with Gasteiger partial charge in [-0.1, -0.05) is 58.4 Å². The van der Waals surface area contributed by atoms with Gasteiger partial charge in [0, 0.05) is 16.9 Å². The minimum Gasteiger partial charge on any atom is -0.349 e. The largest absolute Gasteiger partial charge is 0.349 e. The van der Waals surface area contributed by atoms with E-state index in [1.54, 1.807) is 0 Å². The lowest BCUT2D eigenvalue weighted by atomic mass is 9.95. The maximum atomic E-state index is 12.6. The number of hydrogen-bond acceptors (Lipinski definition) is 2. The van der Waals surface area contributed by atoms with Gasteiger partial charge in [0.2, 0.25) is 5.91 Å². The number of likely N-dealkylation sites (tertiary alicyclic amines) is 1. The van der Waals surface area contributed by atoms with E-state index < -0.39 is 0 Å². The summed E-state index contributed by atoms with van der Waals surface area (Å²) < 4.78 is 1.12. The van der Waals surface area contributed by atoms with Crippen molar-refractivity contribution in [1.82, 2.24) is 10.2 Å². The van der Waals surface area contributed by atoms with E-state index in [9.17, 15) is 4.79 Å². The minimum absolute atomic E-state index is 0.0633. The van der Waals surface area contributed by atoms with Crippen molar-refractivity contribution >= 4 is 21.8 Å². The topological polar surface area (TPSA) is 32.3 Å². The van der Waals surface area contributed by atoms with Gasteiger partial charge in [0.1, 0.15) is 0 Å². The highest BCUT2D eigenvalue weighted by Gasteiger charge is 2.25. The molecular formula is C21H25BrN2O. The molecule has 0 radical (unpaired) electrons. The van der Waals surface area contributed by atoms with Gasteiger partial charge in [-0.05, 0) is 56.1 Å². The van der Waals surface area contributed by atoms with Crippen LogP contribution in [-0.4, -0.2) is 23.9 Å². The molecule has 1 aliphatic rings. The maximum Gasteiger partial charge on any atom is 0.223 e. The van der Waals surface area contributed by atoms with E-state index in [-0.39, 0.29) is 17.9 Å². The van der Waals surface area contributed by atoms with Crippen molar-refractivity contribution in [2.45, 2.75) is 32.4 Å². The van der Waals surface area contributed by atoms with Gasteiger partial charge < -0.3 is 5.32 Å². The van der Waals surface area contributed by atoms with Crippen LogP contribution in [0.1, 0.15) is 36.9 Å². The molecular weight excluding hydrogens is 376 g/mol. The van der Waals surface area contributed by atoms with Crippen molar-refractivity contribution in [3.05, 3.63) is 70.2 Å². The van der Waals surface area contributed by atoms with E-state index >= 15 is 0 Å². The van der Waals surface area contributed by atoms with E-state index in [1.165, 1.54) is 5.56 Å². The average molecular weight is 401 g/mol. The molecule has 25 heavy (non-hydrogen) atoms. The number of carbonyl (C=O) groups excluding carboxylic acids is 1. The maximum absolute atomic E-state index is 12.6. The Kier molecular flexibility index (Phi) is 6.27. The molecule has 4 heteroatoms. The molecule has 1 aliphatic heterocycles. The van der Waals surface area contributed by atoms with Crippen molar-refractivity contribution in [3.8, 4) is 0 Å². The van der Waals surface area contributed by atoms with Crippen LogP contribution in [0, 0.1) is 5.92 Å². The smallest absolute Gasteiger partial charge is 0.223 e. The van der Waals surface area contributed by atoms with Crippen molar-refractivity contribution in [2.24, 2.45) is 5.92 Å². The van der Waals surface area contributed by atoms with Gasteiger partial charge in [-0.2, -0.15) is 0 Å². The van der Waals surface area contributed by atoms with Crippen molar-refractivity contribution in [3.63, 3.8) is 0 Å². The third-order valence-electron chi connectivity index (χ3n) is 4.91. The van der Waals surface area contributed by atoms with E-state index in [0.29, 0.717) is 0 Å². The van der Waals surface area contributed by atoms with Crippen LogP contribution in [0.15, 0.2) is 59.1 Å². The molecule has 2 aromatic rings. The second kappa shape index (κ2) is 8.63. The monoisotopic (exact) mass is 400 g/mol. The second-order valence-corrected chi connectivity index (χ2v) is 7.74. The Hall–Kier alpha value is -1.65. The minimum atomic E-state index is 0.0633. The molecule has 1 atom stereocenters. The first-order chi connectivity index (χ1) is 12.1. The number of nitrogens with one attached hydrogen (secondary N) is 1. The molecule has 1 heterocycles. The van der Waals surface area contributed by atoms with Gasteiger partial charge in [-0.3, -0.25) is 9.69 Å². The summed E-state index contributed by atoms with van der Waals surface area (Å²) in [6.45, 7) is 4.96. The van der Waals surface area contributed by atoms with E-state index in [0.717, 1.165) is 42.5 Å². The zero-order valence-electron chi connectivity index (χ0n) is 14.6. The highest BCUT2D eigenvalue weighted by Crippen LogP contribution is 2.22. The van der Waals surface area contributed by atoms with Crippen LogP contribution in [0.2, 0.25) is 0 Å². The van der Waals surface area contributed by atoms with Gasteiger partial charge in [0.05, 0.1) is 6.04 Å². The molecule has 3 rings (SSSR count). The Balaban J connectivity index is 1.47. The summed E-state index contributed by atoms with van der Waals surface area (Å²) in [7, 11) is 0. The molecule has 3 nitrogen and oxygen atoms in total. The van der Waals surface area contributed by atoms with Crippen molar-refractivity contribution < 1.29 is 4.79 Å². The first-order valence-electron chi connectivity index (χ1n) is 8.94. The molecule has 0 aliphatic carbocycles. The lowest BCUT2D eigenvalue weighted by molar-refractivity contribution is -0.127. The lowest BCUT2D eigenvalue weighted by Gasteiger charge is -2.32. The number of amides is 1. The van der Waals surface area contributed by atoms with Crippen LogP contribution < -0.4 is 5.32 Å². The molecule has 132 valence electrons. The molecule has 0 saturated carbocycles. The normalized spacial score (nSPS) is 17.2. The van der Waals surface area contributed by atoms with E-state index in [1.807, 2.05) is 24.3 Å². The predicted octanol–water partition coefficient (Wildman–Crippen LogP) is 4.54. The van der Waals surface area contributed by atoms with Gasteiger partial charge in [0.15, 0.2) is 0 Å². The standard InChI is InChI=1S/C21H25BrN2O/c1-16(18-7-3-2-4-8-18)23-21(25)19-10-12-24(13-11-19)15-17-6-5-9-20(22)14-17/h2-9,14,16,19H,10-13,15H2,1H3,(H,23,25). The second-order valence-electron chi connectivity index (χ2n) is 6.82. The summed E-state index contributed by atoms with van der Waals surface area (Å²) >= 11 is 3.53. The number of benzene rings is 2. The fraction of sp³-hybridized carbons (Fsp3) is 0.381. The third kappa shape index (κ3) is 5.16. The van der Waals surface area contributed by atoms with Crippen LogP contribution in [0.5, 0.6) is 0 Å². The molecule has 0 bridgehead atoms. The van der Waals surface area contributed by atoms with Gasteiger partial charge in [-0.15, -0.1) is 0 Å². The van der Waals surface area contributed by atoms with E-state index in [2.05, 4.69) is 63.4 Å². The number of piperidine rings is 1. The summed E-state index contributed by atoms with van der Waals surface area (Å²) in [6.07, 6.45) is 1.86. The summed E-state index contributed by atoms with van der Waals surface area (Å²) in [4.78, 5) is 15.0. The highest BCUT2D eigenvalue weighted by atomic mass is 79.9. The number of nitrogens with zero attached hydrogens (tertiary/aromatic N) is 1. The highest BCUT2D eigenvalue weighted by molar-refractivity contribution is 9.10. The SMILES string of the molecule is CC(NC(=O)C1CCN(Cc2cccc(Br)c2)CC1)c1ccccc1. The number of carbonyl (C=O) groups is 1. The Bertz CT molecular complexity index is 696. The van der Waals surface area contributed by atoms with Gasteiger partial charge in [-0.25, -0.2) is 0 Å². The van der Waals surface area contributed by atoms with Crippen LogP contribution >= 0.6 is 15.9 Å². The lowest BCUT2D eigenvalue weighted by Crippen LogP contribution is -2.40. The third-order valence-corrected chi connectivity index (χ3v) is 5.41. The van der Waals surface area contributed by atoms with Crippen molar-refractivity contribution in [2.75, 3.05) is 13.1 Å². The van der Waals surface area contributed by atoms with E-state index in [4.69, 9.17) is 0 Å². The Morgan fingerprint density at radius 2 is 1.88 bits per heavy atom. The van der Waals surface area contributed by atoms with Crippen LogP contribution in [0.3, 0.4) is 0 Å². The zero-order chi connectivity index (χ0) is 17.6. The zero-order valence-corrected chi connectivity index (χ0v) is 16.2. The van der Waals surface area contributed by atoms with Crippen LogP contribution in [0.25, 0.3) is 0 Å². The van der Waals surface area contributed by atoms with Crippen LogP contribution in [0.4, 0.5) is 0 Å². The molecule has 0 aromatic heterocycles. The fourth-order valence-electron chi connectivity index (χ4n) is 3.40. The predicted molar refractivity (Wildman–Crippen MR) is 105 cm³/mol. The summed E-state index contributed by atoms with van der Waals surface area (Å²) in [5.74, 6) is 0.323. The quantitative estimate of drug-likeness (QED) is 0.798. The Labute approximate surface area is 158 Å². The number of hydrogen-bond donors (Lipinski definition) is 1. The Morgan fingerprint density at radius 1 is 1.16 bits per heavy atom.